The predicted molar refractivity (Wildman–Crippen MR) is 69.0 cm³/mol. The average Bonchev–Trinajstić information content (AvgIpc) is 2.38. The molecule has 0 fully saturated rings. The first-order valence-electron chi connectivity index (χ1n) is 6.20. The minimum absolute atomic E-state index is 0.449. The van der Waals surface area contributed by atoms with Crippen LogP contribution in [0.1, 0.15) is 36.6 Å². The molecule has 2 aromatic rings. The second kappa shape index (κ2) is 3.95. The summed E-state index contributed by atoms with van der Waals surface area (Å²) in [6.07, 6.45) is 2.20. The molecule has 0 saturated heterocycles. The Morgan fingerprint density at radius 1 is 1.00 bits per heavy atom. The average molecular weight is 224 g/mol. The SMILES string of the molecule is CC(C)c1cc2c(nn1)-c1ccccc1CC2. The lowest BCUT2D eigenvalue weighted by Gasteiger charge is -2.19. The van der Waals surface area contributed by atoms with E-state index in [9.17, 15) is 0 Å². The van der Waals surface area contributed by atoms with Gasteiger partial charge in [0.25, 0.3) is 0 Å². The largest absolute Gasteiger partial charge is 0.155 e. The summed E-state index contributed by atoms with van der Waals surface area (Å²) in [7, 11) is 0. The van der Waals surface area contributed by atoms with Crippen molar-refractivity contribution in [2.45, 2.75) is 32.6 Å². The molecule has 0 aliphatic heterocycles. The lowest BCUT2D eigenvalue weighted by atomic mass is 9.89. The zero-order chi connectivity index (χ0) is 11.8. The van der Waals surface area contributed by atoms with Gasteiger partial charge in [-0.2, -0.15) is 5.10 Å². The van der Waals surface area contributed by atoms with E-state index in [1.54, 1.807) is 0 Å². The van der Waals surface area contributed by atoms with Crippen LogP contribution in [0.2, 0.25) is 0 Å². The van der Waals surface area contributed by atoms with Crippen LogP contribution in [-0.4, -0.2) is 10.2 Å². The van der Waals surface area contributed by atoms with E-state index in [2.05, 4.69) is 54.4 Å². The summed E-state index contributed by atoms with van der Waals surface area (Å²) in [5.74, 6) is 0.449. The first-order valence-corrected chi connectivity index (χ1v) is 6.20. The van der Waals surface area contributed by atoms with Crippen molar-refractivity contribution in [1.29, 1.82) is 0 Å². The number of nitrogens with zero attached hydrogens (tertiary/aromatic N) is 2. The second-order valence-corrected chi connectivity index (χ2v) is 4.95. The molecule has 2 heteroatoms. The van der Waals surface area contributed by atoms with Gasteiger partial charge >= 0.3 is 0 Å². The maximum Gasteiger partial charge on any atom is 0.0964 e. The van der Waals surface area contributed by atoms with Crippen LogP contribution in [0.5, 0.6) is 0 Å². The number of aryl methyl sites for hydroxylation is 2. The Bertz CT molecular complexity index is 559. The predicted octanol–water partition coefficient (Wildman–Crippen LogP) is 3.37. The van der Waals surface area contributed by atoms with Crippen molar-refractivity contribution in [3.05, 3.63) is 47.2 Å². The molecule has 1 aromatic carbocycles. The van der Waals surface area contributed by atoms with Crippen molar-refractivity contribution in [2.75, 3.05) is 0 Å². The topological polar surface area (TPSA) is 25.8 Å². The van der Waals surface area contributed by atoms with E-state index in [0.717, 1.165) is 24.2 Å². The van der Waals surface area contributed by atoms with Crippen molar-refractivity contribution in [1.82, 2.24) is 10.2 Å². The van der Waals surface area contributed by atoms with Crippen LogP contribution in [-0.2, 0) is 12.8 Å². The van der Waals surface area contributed by atoms with Crippen LogP contribution >= 0.6 is 0 Å². The zero-order valence-electron chi connectivity index (χ0n) is 10.3. The molecule has 17 heavy (non-hydrogen) atoms. The zero-order valence-corrected chi connectivity index (χ0v) is 10.3. The van der Waals surface area contributed by atoms with Crippen LogP contribution in [0, 0.1) is 0 Å². The van der Waals surface area contributed by atoms with Crippen LogP contribution < -0.4 is 0 Å². The molecule has 0 unspecified atom stereocenters. The molecule has 2 nitrogen and oxygen atoms in total. The minimum Gasteiger partial charge on any atom is -0.155 e. The Labute approximate surface area is 102 Å². The Kier molecular flexibility index (Phi) is 2.43. The molecule has 0 radical (unpaired) electrons. The Balaban J connectivity index is 2.15. The van der Waals surface area contributed by atoms with E-state index < -0.39 is 0 Å². The van der Waals surface area contributed by atoms with Crippen LogP contribution in [0.3, 0.4) is 0 Å². The lowest BCUT2D eigenvalue weighted by Crippen LogP contribution is -2.09. The van der Waals surface area contributed by atoms with Gasteiger partial charge < -0.3 is 0 Å². The van der Waals surface area contributed by atoms with Crippen molar-refractivity contribution in [3.8, 4) is 11.3 Å². The highest BCUT2D eigenvalue weighted by Gasteiger charge is 2.18. The second-order valence-electron chi connectivity index (χ2n) is 4.95. The van der Waals surface area contributed by atoms with E-state index in [0.29, 0.717) is 5.92 Å². The molecule has 0 spiro atoms. The smallest absolute Gasteiger partial charge is 0.0964 e. The van der Waals surface area contributed by atoms with E-state index in [4.69, 9.17) is 0 Å². The highest BCUT2D eigenvalue weighted by molar-refractivity contribution is 5.69. The summed E-state index contributed by atoms with van der Waals surface area (Å²) in [6.45, 7) is 4.32. The van der Waals surface area contributed by atoms with Gasteiger partial charge in [0.2, 0.25) is 0 Å². The van der Waals surface area contributed by atoms with E-state index in [1.165, 1.54) is 16.7 Å². The molecule has 1 heterocycles. The number of hydrogen-bond acceptors (Lipinski definition) is 2. The summed E-state index contributed by atoms with van der Waals surface area (Å²) < 4.78 is 0. The van der Waals surface area contributed by atoms with Gasteiger partial charge in [-0.25, -0.2) is 0 Å². The van der Waals surface area contributed by atoms with Crippen molar-refractivity contribution in [3.63, 3.8) is 0 Å². The molecule has 0 atom stereocenters. The first kappa shape index (κ1) is 10.5. The van der Waals surface area contributed by atoms with Gasteiger partial charge in [0.1, 0.15) is 0 Å². The third-order valence-corrected chi connectivity index (χ3v) is 3.42. The molecule has 1 aliphatic rings. The van der Waals surface area contributed by atoms with Crippen molar-refractivity contribution >= 4 is 0 Å². The molecule has 3 rings (SSSR count). The number of rotatable bonds is 1. The number of fused-ring (bicyclic) bond motifs is 3. The Morgan fingerprint density at radius 3 is 2.59 bits per heavy atom. The molecule has 0 bridgehead atoms. The molecule has 0 amide bonds. The van der Waals surface area contributed by atoms with E-state index >= 15 is 0 Å². The minimum atomic E-state index is 0.449. The van der Waals surface area contributed by atoms with Gasteiger partial charge in [0, 0.05) is 5.56 Å². The molecule has 1 aromatic heterocycles. The maximum absolute atomic E-state index is 4.43. The van der Waals surface area contributed by atoms with Gasteiger partial charge in [-0.1, -0.05) is 38.1 Å². The van der Waals surface area contributed by atoms with Gasteiger partial charge in [-0.05, 0) is 36.0 Å². The fourth-order valence-electron chi connectivity index (χ4n) is 2.39. The number of benzene rings is 1. The molecule has 0 saturated carbocycles. The first-order chi connectivity index (χ1) is 8.25. The number of aromatic nitrogens is 2. The van der Waals surface area contributed by atoms with E-state index in [-0.39, 0.29) is 0 Å². The lowest BCUT2D eigenvalue weighted by molar-refractivity contribution is 0.771. The number of hydrogen-bond donors (Lipinski definition) is 0. The summed E-state index contributed by atoms with van der Waals surface area (Å²) in [4.78, 5) is 0. The summed E-state index contributed by atoms with van der Waals surface area (Å²) in [5, 5.41) is 8.77. The summed E-state index contributed by atoms with van der Waals surface area (Å²) in [6, 6.07) is 10.7. The van der Waals surface area contributed by atoms with Gasteiger partial charge in [0.05, 0.1) is 11.4 Å². The highest BCUT2D eigenvalue weighted by atomic mass is 15.1. The molecular formula is C15H16N2. The highest BCUT2D eigenvalue weighted by Crippen LogP contribution is 2.32. The third-order valence-electron chi connectivity index (χ3n) is 3.42. The summed E-state index contributed by atoms with van der Waals surface area (Å²) in [5.41, 5.74) is 6.19. The van der Waals surface area contributed by atoms with Crippen LogP contribution in [0.4, 0.5) is 0 Å². The summed E-state index contributed by atoms with van der Waals surface area (Å²) >= 11 is 0. The maximum atomic E-state index is 4.43. The standard InChI is InChI=1S/C15H16N2/c1-10(2)14-9-12-8-7-11-5-3-4-6-13(11)15(12)17-16-14/h3-6,9-10H,7-8H2,1-2H3. The fourth-order valence-corrected chi connectivity index (χ4v) is 2.39. The van der Waals surface area contributed by atoms with Gasteiger partial charge in [-0.3, -0.25) is 0 Å². The molecule has 0 N–H and O–H groups in total. The monoisotopic (exact) mass is 224 g/mol. The van der Waals surface area contributed by atoms with Crippen molar-refractivity contribution < 1.29 is 0 Å². The fraction of sp³-hybridized carbons (Fsp3) is 0.333. The van der Waals surface area contributed by atoms with Crippen molar-refractivity contribution in [2.24, 2.45) is 0 Å². The molecule has 86 valence electrons. The molecular weight excluding hydrogens is 208 g/mol. The van der Waals surface area contributed by atoms with Gasteiger partial charge in [-0.15, -0.1) is 5.10 Å². The van der Waals surface area contributed by atoms with Crippen LogP contribution in [0.25, 0.3) is 11.3 Å². The molecule has 1 aliphatic carbocycles. The van der Waals surface area contributed by atoms with E-state index in [1.807, 2.05) is 0 Å². The van der Waals surface area contributed by atoms with Gasteiger partial charge in [0.15, 0.2) is 0 Å². The van der Waals surface area contributed by atoms with Crippen LogP contribution in [0.15, 0.2) is 30.3 Å². The Hall–Kier alpha value is -1.70. The normalized spacial score (nSPS) is 13.4. The Morgan fingerprint density at radius 2 is 1.76 bits per heavy atom. The third kappa shape index (κ3) is 1.74. The quantitative estimate of drug-likeness (QED) is 0.742.